The number of nitrogens with two attached hydrogens (primary N) is 1. The first-order valence-electron chi connectivity index (χ1n) is 5.60. The minimum atomic E-state index is 0.787. The van der Waals surface area contributed by atoms with E-state index in [0.29, 0.717) is 0 Å². The summed E-state index contributed by atoms with van der Waals surface area (Å²) in [7, 11) is 0. The second-order valence-electron chi connectivity index (χ2n) is 4.53. The second kappa shape index (κ2) is 5.43. The Morgan fingerprint density at radius 2 is 2.00 bits per heavy atom. The SMILES string of the molecule is CC1CCC(C=CCCN)CC1C. The van der Waals surface area contributed by atoms with Gasteiger partial charge in [-0.25, -0.2) is 0 Å². The largest absolute Gasteiger partial charge is 0.330 e. The van der Waals surface area contributed by atoms with Crippen LogP contribution < -0.4 is 5.73 Å². The van der Waals surface area contributed by atoms with E-state index in [1.54, 1.807) is 0 Å². The zero-order chi connectivity index (χ0) is 9.68. The standard InChI is InChI=1S/C12H23N/c1-10-6-7-12(9-11(10)2)5-3-4-8-13/h3,5,10-12H,4,6-9,13H2,1-2H3. The normalized spacial score (nSPS) is 35.5. The molecule has 0 aromatic heterocycles. The van der Waals surface area contributed by atoms with E-state index in [1.807, 2.05) is 0 Å². The zero-order valence-corrected chi connectivity index (χ0v) is 9.00. The number of allylic oxidation sites excluding steroid dienone is 1. The maximum Gasteiger partial charge on any atom is -0.00426 e. The molecule has 3 unspecified atom stereocenters. The third-order valence-electron chi connectivity index (χ3n) is 3.38. The third kappa shape index (κ3) is 3.51. The van der Waals surface area contributed by atoms with Crippen LogP contribution in [-0.4, -0.2) is 6.54 Å². The lowest BCUT2D eigenvalue weighted by Gasteiger charge is -2.30. The smallest absolute Gasteiger partial charge is 0.00426 e. The van der Waals surface area contributed by atoms with Crippen molar-refractivity contribution in [1.82, 2.24) is 0 Å². The van der Waals surface area contributed by atoms with Crippen molar-refractivity contribution in [3.05, 3.63) is 12.2 Å². The van der Waals surface area contributed by atoms with E-state index in [0.717, 1.165) is 30.7 Å². The van der Waals surface area contributed by atoms with Gasteiger partial charge in [0.15, 0.2) is 0 Å². The summed E-state index contributed by atoms with van der Waals surface area (Å²) in [6.45, 7) is 5.55. The van der Waals surface area contributed by atoms with Crippen LogP contribution in [0.1, 0.15) is 39.5 Å². The molecular weight excluding hydrogens is 158 g/mol. The molecule has 0 heterocycles. The molecule has 1 rings (SSSR count). The molecule has 0 aliphatic heterocycles. The Kier molecular flexibility index (Phi) is 4.51. The number of hydrogen-bond acceptors (Lipinski definition) is 1. The van der Waals surface area contributed by atoms with Crippen molar-refractivity contribution < 1.29 is 0 Å². The first-order valence-corrected chi connectivity index (χ1v) is 5.60. The quantitative estimate of drug-likeness (QED) is 0.666. The van der Waals surface area contributed by atoms with Crippen LogP contribution in [0.5, 0.6) is 0 Å². The Morgan fingerprint density at radius 1 is 1.23 bits per heavy atom. The minimum absolute atomic E-state index is 0.787. The van der Waals surface area contributed by atoms with Gasteiger partial charge in [0.25, 0.3) is 0 Å². The van der Waals surface area contributed by atoms with Crippen molar-refractivity contribution in [2.24, 2.45) is 23.5 Å². The van der Waals surface area contributed by atoms with Gasteiger partial charge >= 0.3 is 0 Å². The molecule has 1 aliphatic carbocycles. The highest BCUT2D eigenvalue weighted by Crippen LogP contribution is 2.33. The van der Waals surface area contributed by atoms with Crippen LogP contribution in [0.15, 0.2) is 12.2 Å². The van der Waals surface area contributed by atoms with Gasteiger partial charge in [0.05, 0.1) is 0 Å². The Balaban J connectivity index is 2.29. The predicted molar refractivity (Wildman–Crippen MR) is 58.5 cm³/mol. The number of hydrogen-bond donors (Lipinski definition) is 1. The predicted octanol–water partition coefficient (Wildman–Crippen LogP) is 2.96. The van der Waals surface area contributed by atoms with Gasteiger partial charge in [0.2, 0.25) is 0 Å². The molecule has 13 heavy (non-hydrogen) atoms. The summed E-state index contributed by atoms with van der Waals surface area (Å²) in [6, 6.07) is 0. The summed E-state index contributed by atoms with van der Waals surface area (Å²) in [4.78, 5) is 0. The van der Waals surface area contributed by atoms with Gasteiger partial charge in [-0.15, -0.1) is 0 Å². The molecule has 0 aromatic carbocycles. The van der Waals surface area contributed by atoms with Crippen molar-refractivity contribution in [2.75, 3.05) is 6.54 Å². The Morgan fingerprint density at radius 3 is 2.62 bits per heavy atom. The van der Waals surface area contributed by atoms with Gasteiger partial charge in [-0.05, 0) is 50.0 Å². The molecule has 1 saturated carbocycles. The average Bonchev–Trinajstić information content (AvgIpc) is 2.12. The van der Waals surface area contributed by atoms with Crippen LogP contribution in [0.25, 0.3) is 0 Å². The Labute approximate surface area is 82.4 Å². The molecule has 0 spiro atoms. The maximum absolute atomic E-state index is 5.44. The molecule has 0 aromatic rings. The lowest BCUT2D eigenvalue weighted by Crippen LogP contribution is -2.19. The molecule has 1 aliphatic rings. The lowest BCUT2D eigenvalue weighted by atomic mass is 9.76. The topological polar surface area (TPSA) is 26.0 Å². The molecule has 1 fully saturated rings. The monoisotopic (exact) mass is 181 g/mol. The minimum Gasteiger partial charge on any atom is -0.330 e. The average molecular weight is 181 g/mol. The van der Waals surface area contributed by atoms with Gasteiger partial charge in [-0.1, -0.05) is 26.0 Å². The van der Waals surface area contributed by atoms with E-state index in [9.17, 15) is 0 Å². The van der Waals surface area contributed by atoms with Crippen molar-refractivity contribution in [3.63, 3.8) is 0 Å². The molecule has 2 N–H and O–H groups in total. The van der Waals surface area contributed by atoms with Gasteiger partial charge in [-0.2, -0.15) is 0 Å². The van der Waals surface area contributed by atoms with Crippen LogP contribution in [0, 0.1) is 17.8 Å². The lowest BCUT2D eigenvalue weighted by molar-refractivity contribution is 0.236. The van der Waals surface area contributed by atoms with Crippen molar-refractivity contribution in [1.29, 1.82) is 0 Å². The highest BCUT2D eigenvalue weighted by molar-refractivity contribution is 4.92. The van der Waals surface area contributed by atoms with Crippen molar-refractivity contribution in [2.45, 2.75) is 39.5 Å². The summed E-state index contributed by atoms with van der Waals surface area (Å²) in [6.07, 6.45) is 9.84. The second-order valence-corrected chi connectivity index (χ2v) is 4.53. The summed E-state index contributed by atoms with van der Waals surface area (Å²) < 4.78 is 0. The van der Waals surface area contributed by atoms with Crippen LogP contribution >= 0.6 is 0 Å². The van der Waals surface area contributed by atoms with Gasteiger partial charge in [-0.3, -0.25) is 0 Å². The summed E-state index contributed by atoms with van der Waals surface area (Å²) >= 11 is 0. The molecular formula is C12H23N. The van der Waals surface area contributed by atoms with Gasteiger partial charge in [0.1, 0.15) is 0 Å². The molecule has 1 heteroatoms. The fourth-order valence-corrected chi connectivity index (χ4v) is 2.15. The van der Waals surface area contributed by atoms with E-state index < -0.39 is 0 Å². The van der Waals surface area contributed by atoms with E-state index in [1.165, 1.54) is 19.3 Å². The van der Waals surface area contributed by atoms with Gasteiger partial charge in [0, 0.05) is 0 Å². The molecule has 0 amide bonds. The van der Waals surface area contributed by atoms with Crippen LogP contribution in [0.3, 0.4) is 0 Å². The van der Waals surface area contributed by atoms with Crippen LogP contribution in [0.4, 0.5) is 0 Å². The highest BCUT2D eigenvalue weighted by atomic mass is 14.5. The van der Waals surface area contributed by atoms with E-state index in [4.69, 9.17) is 5.73 Å². The fraction of sp³-hybridized carbons (Fsp3) is 0.833. The Bertz CT molecular complexity index is 163. The molecule has 0 bridgehead atoms. The van der Waals surface area contributed by atoms with E-state index in [2.05, 4.69) is 26.0 Å². The molecule has 0 saturated heterocycles. The van der Waals surface area contributed by atoms with Crippen LogP contribution in [0.2, 0.25) is 0 Å². The first-order chi connectivity index (χ1) is 6.24. The molecule has 76 valence electrons. The van der Waals surface area contributed by atoms with Crippen LogP contribution in [-0.2, 0) is 0 Å². The number of rotatable bonds is 3. The fourth-order valence-electron chi connectivity index (χ4n) is 2.15. The van der Waals surface area contributed by atoms with Gasteiger partial charge < -0.3 is 5.73 Å². The summed E-state index contributed by atoms with van der Waals surface area (Å²) in [5.41, 5.74) is 5.44. The Hall–Kier alpha value is -0.300. The van der Waals surface area contributed by atoms with Crippen molar-refractivity contribution in [3.8, 4) is 0 Å². The maximum atomic E-state index is 5.44. The molecule has 1 nitrogen and oxygen atoms in total. The van der Waals surface area contributed by atoms with E-state index >= 15 is 0 Å². The first kappa shape index (κ1) is 10.8. The van der Waals surface area contributed by atoms with E-state index in [-0.39, 0.29) is 0 Å². The summed E-state index contributed by atoms with van der Waals surface area (Å²) in [5.74, 6) is 2.66. The third-order valence-corrected chi connectivity index (χ3v) is 3.38. The molecule has 3 atom stereocenters. The summed E-state index contributed by atoms with van der Waals surface area (Å²) in [5, 5.41) is 0. The molecule has 0 radical (unpaired) electrons. The highest BCUT2D eigenvalue weighted by Gasteiger charge is 2.22. The zero-order valence-electron chi connectivity index (χ0n) is 9.00. The van der Waals surface area contributed by atoms with Crippen molar-refractivity contribution >= 4 is 0 Å².